The van der Waals surface area contributed by atoms with Gasteiger partial charge in [0.15, 0.2) is 5.82 Å². The first-order chi connectivity index (χ1) is 18.8. The summed E-state index contributed by atoms with van der Waals surface area (Å²) in [6.45, 7) is 10.5. The summed E-state index contributed by atoms with van der Waals surface area (Å²) in [4.78, 5) is 19.2. The molecule has 5 rings (SSSR count). The van der Waals surface area contributed by atoms with Crippen molar-refractivity contribution in [2.24, 2.45) is 0 Å². The van der Waals surface area contributed by atoms with E-state index in [0.29, 0.717) is 29.5 Å². The second kappa shape index (κ2) is 11.6. The number of H-pyrrole nitrogens is 1. The van der Waals surface area contributed by atoms with Gasteiger partial charge in [-0.25, -0.2) is 4.68 Å². The summed E-state index contributed by atoms with van der Waals surface area (Å²) in [5.41, 5.74) is 3.25. The maximum atomic E-state index is 13.8. The Balaban J connectivity index is 1.70. The molecule has 8 nitrogen and oxygen atoms in total. The van der Waals surface area contributed by atoms with Crippen LogP contribution in [0.4, 0.5) is 0 Å². The van der Waals surface area contributed by atoms with Gasteiger partial charge in [0.1, 0.15) is 6.04 Å². The molecular formula is C30H37ClN6O2. The topological polar surface area (TPSA) is 88.9 Å². The number of nitrogens with one attached hydrogen (secondary N) is 1. The second-order valence-electron chi connectivity index (χ2n) is 11.0. The van der Waals surface area contributed by atoms with Crippen LogP contribution in [-0.2, 0) is 23.2 Å². The smallest absolute Gasteiger partial charge is 0.253 e. The predicted molar refractivity (Wildman–Crippen MR) is 154 cm³/mol. The van der Waals surface area contributed by atoms with Crippen LogP contribution in [0.15, 0.2) is 53.3 Å². The number of ether oxygens (including phenoxy) is 1. The molecule has 1 fully saturated rings. The molecule has 1 aliphatic rings. The number of hydrogen-bond donors (Lipinski definition) is 1. The quantitative estimate of drug-likeness (QED) is 0.275. The largest absolute Gasteiger partial charge is 0.377 e. The van der Waals surface area contributed by atoms with E-state index in [2.05, 4.69) is 65.2 Å². The number of nitrogens with zero attached hydrogens (tertiary/aromatic N) is 5. The van der Waals surface area contributed by atoms with Gasteiger partial charge < -0.3 is 9.72 Å². The Morgan fingerprint density at radius 2 is 1.92 bits per heavy atom. The zero-order valence-corrected chi connectivity index (χ0v) is 23.9. The molecule has 1 saturated heterocycles. The molecule has 1 N–H and O–H groups in total. The van der Waals surface area contributed by atoms with Gasteiger partial charge in [-0.1, -0.05) is 43.6 Å². The van der Waals surface area contributed by atoms with Gasteiger partial charge in [-0.15, -0.1) is 5.10 Å². The zero-order chi connectivity index (χ0) is 27.6. The number of tetrazole rings is 1. The first-order valence-corrected chi connectivity index (χ1v) is 14.2. The van der Waals surface area contributed by atoms with Crippen LogP contribution >= 0.6 is 11.6 Å². The molecule has 0 aliphatic carbocycles. The van der Waals surface area contributed by atoms with E-state index in [9.17, 15) is 4.79 Å². The number of aromatic amines is 1. The van der Waals surface area contributed by atoms with E-state index in [1.54, 1.807) is 0 Å². The van der Waals surface area contributed by atoms with Gasteiger partial charge in [-0.3, -0.25) is 9.69 Å². The lowest BCUT2D eigenvalue weighted by atomic mass is 9.98. The van der Waals surface area contributed by atoms with Crippen LogP contribution in [0, 0.1) is 0 Å². The molecule has 2 atom stereocenters. The van der Waals surface area contributed by atoms with Crippen LogP contribution in [0.5, 0.6) is 0 Å². The number of fused-ring (bicyclic) bond motifs is 1. The fourth-order valence-corrected chi connectivity index (χ4v) is 5.40. The van der Waals surface area contributed by atoms with E-state index < -0.39 is 6.04 Å². The lowest BCUT2D eigenvalue weighted by Crippen LogP contribution is -2.41. The maximum Gasteiger partial charge on any atom is 0.253 e. The second-order valence-corrected chi connectivity index (χ2v) is 11.5. The molecule has 0 unspecified atom stereocenters. The molecule has 39 heavy (non-hydrogen) atoms. The molecular weight excluding hydrogens is 512 g/mol. The number of aromatic nitrogens is 5. The number of pyridine rings is 1. The van der Waals surface area contributed by atoms with E-state index in [-0.39, 0.29) is 17.2 Å². The third kappa shape index (κ3) is 5.93. The first-order valence-electron chi connectivity index (χ1n) is 13.8. The molecule has 206 valence electrons. The Morgan fingerprint density at radius 1 is 1.15 bits per heavy atom. The minimum absolute atomic E-state index is 0.0644. The van der Waals surface area contributed by atoms with E-state index >= 15 is 0 Å². The minimum Gasteiger partial charge on any atom is -0.377 e. The summed E-state index contributed by atoms with van der Waals surface area (Å²) in [5, 5.41) is 14.8. The predicted octanol–water partition coefficient (Wildman–Crippen LogP) is 5.65. The van der Waals surface area contributed by atoms with Crippen molar-refractivity contribution in [2.45, 2.75) is 77.6 Å². The van der Waals surface area contributed by atoms with Gasteiger partial charge in [0.05, 0.1) is 11.6 Å². The Kier molecular flexibility index (Phi) is 8.16. The summed E-state index contributed by atoms with van der Waals surface area (Å²) >= 11 is 6.20. The standard InChI is InChI=1S/C30H37ClN6O2/c1-5-20-11-14-26-22(16-20)17-25(29(38)32-26)27(28-33-34-35-37(28)30(3,4)6-2)36(19-24-8-7-15-39-24)18-21-9-12-23(31)13-10-21/h9-14,16-17,24,27H,5-8,15,18-19H2,1-4H3,(H,32,38)/t24-,27+/m0/s1. The molecule has 1 aliphatic heterocycles. The van der Waals surface area contributed by atoms with Crippen LogP contribution in [0.1, 0.15) is 75.5 Å². The van der Waals surface area contributed by atoms with Crippen LogP contribution in [0.25, 0.3) is 10.9 Å². The monoisotopic (exact) mass is 548 g/mol. The highest BCUT2D eigenvalue weighted by molar-refractivity contribution is 6.30. The third-order valence-corrected chi connectivity index (χ3v) is 8.20. The normalized spacial score (nSPS) is 16.8. The molecule has 2 aromatic carbocycles. The number of aryl methyl sites for hydroxylation is 1. The van der Waals surface area contributed by atoms with Gasteiger partial charge in [-0.2, -0.15) is 0 Å². The molecule has 2 aromatic heterocycles. The Morgan fingerprint density at radius 3 is 2.62 bits per heavy atom. The summed E-state index contributed by atoms with van der Waals surface area (Å²) in [6.07, 6.45) is 3.81. The molecule has 0 saturated carbocycles. The van der Waals surface area contributed by atoms with Gasteiger partial charge >= 0.3 is 0 Å². The van der Waals surface area contributed by atoms with Gasteiger partial charge in [0.25, 0.3) is 5.56 Å². The lowest BCUT2D eigenvalue weighted by molar-refractivity contribution is 0.0562. The Hall–Kier alpha value is -3.07. The van der Waals surface area contributed by atoms with Gasteiger partial charge in [-0.05, 0) is 96.8 Å². The van der Waals surface area contributed by atoms with Crippen molar-refractivity contribution in [1.82, 2.24) is 30.1 Å². The molecule has 9 heteroatoms. The molecule has 0 spiro atoms. The number of halogens is 1. The average Bonchev–Trinajstić information content (AvgIpc) is 3.63. The molecule has 0 bridgehead atoms. The van der Waals surface area contributed by atoms with Crippen molar-refractivity contribution >= 4 is 22.5 Å². The van der Waals surface area contributed by atoms with Crippen molar-refractivity contribution < 1.29 is 4.74 Å². The van der Waals surface area contributed by atoms with E-state index in [4.69, 9.17) is 16.3 Å². The Bertz CT molecular complexity index is 1470. The van der Waals surface area contributed by atoms with Crippen molar-refractivity contribution in [2.75, 3.05) is 13.2 Å². The molecule has 0 radical (unpaired) electrons. The lowest BCUT2D eigenvalue weighted by Gasteiger charge is -2.34. The summed E-state index contributed by atoms with van der Waals surface area (Å²) in [6, 6.07) is 15.6. The third-order valence-electron chi connectivity index (χ3n) is 7.94. The number of hydrogen-bond acceptors (Lipinski definition) is 6. The van der Waals surface area contributed by atoms with Crippen molar-refractivity contribution in [3.8, 4) is 0 Å². The summed E-state index contributed by atoms with van der Waals surface area (Å²) in [7, 11) is 0. The number of benzene rings is 2. The fraction of sp³-hybridized carbons (Fsp3) is 0.467. The summed E-state index contributed by atoms with van der Waals surface area (Å²) in [5.74, 6) is 0.644. The average molecular weight is 549 g/mol. The molecule has 4 aromatic rings. The highest BCUT2D eigenvalue weighted by atomic mass is 35.5. The van der Waals surface area contributed by atoms with Crippen molar-refractivity contribution in [3.05, 3.63) is 86.4 Å². The molecule has 0 amide bonds. The zero-order valence-electron chi connectivity index (χ0n) is 23.2. The van der Waals surface area contributed by atoms with Crippen LogP contribution in [-0.4, -0.2) is 49.3 Å². The first kappa shape index (κ1) is 27.5. The highest BCUT2D eigenvalue weighted by Gasteiger charge is 2.36. The molecule has 3 heterocycles. The van der Waals surface area contributed by atoms with E-state index in [0.717, 1.165) is 48.8 Å². The minimum atomic E-state index is -0.496. The van der Waals surface area contributed by atoms with Crippen LogP contribution in [0.3, 0.4) is 0 Å². The van der Waals surface area contributed by atoms with Gasteiger partial charge in [0, 0.05) is 35.8 Å². The SMILES string of the molecule is CCc1ccc2[nH]c(=O)c([C@H](c3nnnn3C(C)(C)CC)N(Cc3ccc(Cl)cc3)C[C@@H]3CCCO3)cc2c1. The van der Waals surface area contributed by atoms with E-state index in [1.807, 2.05) is 41.1 Å². The van der Waals surface area contributed by atoms with Crippen LogP contribution < -0.4 is 5.56 Å². The summed E-state index contributed by atoms with van der Waals surface area (Å²) < 4.78 is 7.97. The van der Waals surface area contributed by atoms with Gasteiger partial charge in [0.2, 0.25) is 0 Å². The van der Waals surface area contributed by atoms with Crippen molar-refractivity contribution in [3.63, 3.8) is 0 Å². The fourth-order valence-electron chi connectivity index (χ4n) is 5.28. The van der Waals surface area contributed by atoms with Crippen molar-refractivity contribution in [1.29, 1.82) is 0 Å². The maximum absolute atomic E-state index is 13.8. The highest BCUT2D eigenvalue weighted by Crippen LogP contribution is 2.33. The number of rotatable bonds is 10. The van der Waals surface area contributed by atoms with E-state index in [1.165, 1.54) is 5.56 Å². The Labute approximate surface area is 234 Å². The van der Waals surface area contributed by atoms with Crippen LogP contribution in [0.2, 0.25) is 5.02 Å².